The highest BCUT2D eigenvalue weighted by molar-refractivity contribution is 5.85. The van der Waals surface area contributed by atoms with Crippen molar-refractivity contribution in [3.8, 4) is 0 Å². The lowest BCUT2D eigenvalue weighted by atomic mass is 9.75. The van der Waals surface area contributed by atoms with E-state index in [2.05, 4.69) is 36.6 Å². The minimum atomic E-state index is -0.0371. The lowest BCUT2D eigenvalue weighted by molar-refractivity contribution is -0.123. The largest absolute Gasteiger partial charge is 0.353 e. The molecule has 1 amide bonds. The summed E-state index contributed by atoms with van der Waals surface area (Å²) in [4.78, 5) is 12.6. The lowest BCUT2D eigenvalue weighted by Crippen LogP contribution is -2.45. The molecule has 3 rings (SSSR count). The first-order valence-corrected chi connectivity index (χ1v) is 8.14. The minimum Gasteiger partial charge on any atom is -0.353 e. The number of benzene rings is 1. The fourth-order valence-electron chi connectivity index (χ4n) is 3.58. The summed E-state index contributed by atoms with van der Waals surface area (Å²) in [6, 6.07) is 8.66. The van der Waals surface area contributed by atoms with E-state index in [1.165, 1.54) is 24.0 Å². The Hall–Kier alpha value is -1.35. The van der Waals surface area contributed by atoms with Crippen LogP contribution in [0.3, 0.4) is 0 Å². The molecule has 21 heavy (non-hydrogen) atoms. The van der Waals surface area contributed by atoms with E-state index in [0.717, 1.165) is 25.9 Å². The zero-order chi connectivity index (χ0) is 14.9. The molecule has 1 heterocycles. The van der Waals surface area contributed by atoms with E-state index in [1.807, 2.05) is 12.1 Å². The number of carbonyl (C=O) groups is 1. The summed E-state index contributed by atoms with van der Waals surface area (Å²) in [5.41, 5.74) is 2.90. The first kappa shape index (κ1) is 14.6. The van der Waals surface area contributed by atoms with E-state index >= 15 is 0 Å². The zero-order valence-electron chi connectivity index (χ0n) is 13.1. The molecule has 1 aromatic rings. The fraction of sp³-hybridized carbons (Fsp3) is 0.611. The third-order valence-corrected chi connectivity index (χ3v) is 5.10. The molecule has 1 aliphatic carbocycles. The molecule has 0 aromatic heterocycles. The summed E-state index contributed by atoms with van der Waals surface area (Å²) in [6.07, 6.45) is 4.63. The summed E-state index contributed by atoms with van der Waals surface area (Å²) >= 11 is 0. The molecular weight excluding hydrogens is 260 g/mol. The van der Waals surface area contributed by atoms with E-state index < -0.39 is 0 Å². The van der Waals surface area contributed by atoms with Gasteiger partial charge in [0.05, 0.1) is 5.92 Å². The first-order chi connectivity index (χ1) is 10.1. The Morgan fingerprint density at radius 2 is 1.95 bits per heavy atom. The van der Waals surface area contributed by atoms with Crippen LogP contribution in [-0.2, 0) is 11.3 Å². The summed E-state index contributed by atoms with van der Waals surface area (Å²) in [6.45, 7) is 6.28. The monoisotopic (exact) mass is 286 g/mol. The Morgan fingerprint density at radius 3 is 2.71 bits per heavy atom. The molecule has 0 spiro atoms. The van der Waals surface area contributed by atoms with Crippen molar-refractivity contribution in [2.24, 2.45) is 5.41 Å². The van der Waals surface area contributed by atoms with Crippen LogP contribution in [-0.4, -0.2) is 18.5 Å². The smallest absolute Gasteiger partial charge is 0.229 e. The van der Waals surface area contributed by atoms with Crippen molar-refractivity contribution >= 4 is 5.91 Å². The molecule has 1 aliphatic heterocycles. The quantitative estimate of drug-likeness (QED) is 0.877. The number of fused-ring (bicyclic) bond motifs is 1. The number of carbonyl (C=O) groups excluding carboxylic acids is 1. The highest BCUT2D eigenvalue weighted by Crippen LogP contribution is 2.35. The van der Waals surface area contributed by atoms with Gasteiger partial charge in [0.15, 0.2) is 0 Å². The van der Waals surface area contributed by atoms with E-state index in [1.54, 1.807) is 0 Å². The van der Waals surface area contributed by atoms with Gasteiger partial charge in [-0.1, -0.05) is 38.1 Å². The Morgan fingerprint density at radius 1 is 1.24 bits per heavy atom. The molecule has 3 heteroatoms. The van der Waals surface area contributed by atoms with Gasteiger partial charge in [0, 0.05) is 19.1 Å². The molecule has 1 saturated carbocycles. The third kappa shape index (κ3) is 3.29. The van der Waals surface area contributed by atoms with Gasteiger partial charge in [-0.3, -0.25) is 4.79 Å². The maximum Gasteiger partial charge on any atom is 0.229 e. The molecule has 0 saturated heterocycles. The number of rotatable bonds is 2. The van der Waals surface area contributed by atoms with Gasteiger partial charge < -0.3 is 10.6 Å². The van der Waals surface area contributed by atoms with Gasteiger partial charge in [-0.15, -0.1) is 0 Å². The average Bonchev–Trinajstić information content (AvgIpc) is 2.49. The predicted molar refractivity (Wildman–Crippen MR) is 85.1 cm³/mol. The van der Waals surface area contributed by atoms with Gasteiger partial charge in [-0.2, -0.15) is 0 Å². The van der Waals surface area contributed by atoms with Crippen LogP contribution in [0.5, 0.6) is 0 Å². The van der Waals surface area contributed by atoms with Gasteiger partial charge in [-0.25, -0.2) is 0 Å². The standard InChI is InChI=1S/C18H26N2O/c1-18(2)9-7-14(8-10-18)20-17(21)16-12-19-11-13-5-3-4-6-15(13)16/h3-6,14,16,19H,7-12H2,1-2H3,(H,20,21). The lowest BCUT2D eigenvalue weighted by Gasteiger charge is -2.35. The van der Waals surface area contributed by atoms with Crippen LogP contribution in [0.25, 0.3) is 0 Å². The number of hydrogen-bond donors (Lipinski definition) is 2. The summed E-state index contributed by atoms with van der Waals surface area (Å²) < 4.78 is 0. The molecule has 2 N–H and O–H groups in total. The van der Waals surface area contributed by atoms with E-state index in [0.29, 0.717) is 11.5 Å². The first-order valence-electron chi connectivity index (χ1n) is 8.14. The molecule has 114 valence electrons. The Bertz CT molecular complexity index is 514. The van der Waals surface area contributed by atoms with Crippen molar-refractivity contribution in [1.82, 2.24) is 10.6 Å². The molecule has 1 unspecified atom stereocenters. The number of amides is 1. The zero-order valence-corrected chi connectivity index (χ0v) is 13.1. The molecule has 1 atom stereocenters. The van der Waals surface area contributed by atoms with Crippen molar-refractivity contribution in [2.75, 3.05) is 6.54 Å². The summed E-state index contributed by atoms with van der Waals surface area (Å²) in [7, 11) is 0. The second-order valence-corrected chi connectivity index (χ2v) is 7.33. The van der Waals surface area contributed by atoms with Crippen molar-refractivity contribution in [2.45, 2.75) is 58.0 Å². The summed E-state index contributed by atoms with van der Waals surface area (Å²) in [5.74, 6) is 0.157. The normalized spacial score (nSPS) is 25.1. The van der Waals surface area contributed by atoms with Gasteiger partial charge >= 0.3 is 0 Å². The van der Waals surface area contributed by atoms with Crippen molar-refractivity contribution in [3.05, 3.63) is 35.4 Å². The molecule has 2 aliphatic rings. The molecule has 0 bridgehead atoms. The van der Waals surface area contributed by atoms with Gasteiger partial charge in [-0.05, 0) is 42.2 Å². The van der Waals surface area contributed by atoms with Crippen LogP contribution in [0.15, 0.2) is 24.3 Å². The number of nitrogens with one attached hydrogen (secondary N) is 2. The van der Waals surface area contributed by atoms with Gasteiger partial charge in [0.1, 0.15) is 0 Å². The summed E-state index contributed by atoms with van der Waals surface area (Å²) in [5, 5.41) is 6.65. The molecular formula is C18H26N2O. The highest BCUT2D eigenvalue weighted by Gasteiger charge is 2.31. The van der Waals surface area contributed by atoms with E-state index in [4.69, 9.17) is 0 Å². The van der Waals surface area contributed by atoms with Crippen molar-refractivity contribution < 1.29 is 4.79 Å². The van der Waals surface area contributed by atoms with E-state index in [9.17, 15) is 4.79 Å². The van der Waals surface area contributed by atoms with Crippen molar-refractivity contribution in [1.29, 1.82) is 0 Å². The second-order valence-electron chi connectivity index (χ2n) is 7.33. The molecule has 3 nitrogen and oxygen atoms in total. The Kier molecular flexibility index (Phi) is 4.03. The SMILES string of the molecule is CC1(C)CCC(NC(=O)C2CNCc3ccccc32)CC1. The Balaban J connectivity index is 1.64. The van der Waals surface area contributed by atoms with Crippen LogP contribution >= 0.6 is 0 Å². The molecule has 1 aromatic carbocycles. The maximum atomic E-state index is 12.6. The van der Waals surface area contributed by atoms with E-state index in [-0.39, 0.29) is 11.8 Å². The van der Waals surface area contributed by atoms with Crippen LogP contribution < -0.4 is 10.6 Å². The number of hydrogen-bond acceptors (Lipinski definition) is 2. The van der Waals surface area contributed by atoms with Crippen LogP contribution in [0.1, 0.15) is 56.6 Å². The van der Waals surface area contributed by atoms with Gasteiger partial charge in [0.25, 0.3) is 0 Å². The second kappa shape index (κ2) is 5.80. The predicted octanol–water partition coefficient (Wildman–Crippen LogP) is 2.96. The van der Waals surface area contributed by atoms with Crippen LogP contribution in [0, 0.1) is 5.41 Å². The molecule has 0 radical (unpaired) electrons. The third-order valence-electron chi connectivity index (χ3n) is 5.10. The highest BCUT2D eigenvalue weighted by atomic mass is 16.2. The minimum absolute atomic E-state index is 0.0371. The van der Waals surface area contributed by atoms with Crippen LogP contribution in [0.2, 0.25) is 0 Å². The van der Waals surface area contributed by atoms with Crippen molar-refractivity contribution in [3.63, 3.8) is 0 Å². The Labute approximate surface area is 127 Å². The average molecular weight is 286 g/mol. The van der Waals surface area contributed by atoms with Crippen LogP contribution in [0.4, 0.5) is 0 Å². The fourth-order valence-corrected chi connectivity index (χ4v) is 3.58. The topological polar surface area (TPSA) is 41.1 Å². The van der Waals surface area contributed by atoms with Gasteiger partial charge in [0.2, 0.25) is 5.91 Å². The maximum absolute atomic E-state index is 12.6. The molecule has 1 fully saturated rings.